The van der Waals surface area contributed by atoms with Crippen molar-refractivity contribution in [1.29, 1.82) is 0 Å². The lowest BCUT2D eigenvalue weighted by atomic mass is 9.58. The Morgan fingerprint density at radius 3 is 2.45 bits per heavy atom. The van der Waals surface area contributed by atoms with Crippen LogP contribution in [0.4, 0.5) is 0 Å². The van der Waals surface area contributed by atoms with Gasteiger partial charge in [-0.15, -0.1) is 0 Å². The molecule has 2 unspecified atom stereocenters. The third-order valence-electron chi connectivity index (χ3n) is 5.71. The maximum atomic E-state index is 6.40. The van der Waals surface area contributed by atoms with E-state index in [1.54, 1.807) is 0 Å². The number of rotatable bonds is 2. The van der Waals surface area contributed by atoms with Crippen molar-refractivity contribution in [3.63, 3.8) is 0 Å². The number of ether oxygens (including phenoxy) is 1. The van der Waals surface area contributed by atoms with Crippen LogP contribution in [-0.4, -0.2) is 12.1 Å². The van der Waals surface area contributed by atoms with E-state index in [0.29, 0.717) is 12.1 Å². The molecule has 110 valence electrons. The van der Waals surface area contributed by atoms with Crippen LogP contribution in [0.2, 0.25) is 0 Å². The van der Waals surface area contributed by atoms with Crippen molar-refractivity contribution >= 4 is 0 Å². The zero-order chi connectivity index (χ0) is 14.2. The summed E-state index contributed by atoms with van der Waals surface area (Å²) < 4.78 is 6.40. The zero-order valence-electron chi connectivity index (χ0n) is 12.8. The van der Waals surface area contributed by atoms with Crippen LogP contribution in [0.25, 0.3) is 0 Å². The van der Waals surface area contributed by atoms with Crippen molar-refractivity contribution < 1.29 is 4.74 Å². The predicted molar refractivity (Wildman–Crippen MR) is 83.1 cm³/mol. The van der Waals surface area contributed by atoms with E-state index in [4.69, 9.17) is 10.5 Å². The van der Waals surface area contributed by atoms with Crippen LogP contribution < -0.4 is 10.5 Å². The second-order valence-electron chi connectivity index (χ2n) is 6.79. The zero-order valence-corrected chi connectivity index (χ0v) is 12.8. The first-order valence-corrected chi connectivity index (χ1v) is 8.12. The van der Waals surface area contributed by atoms with Crippen molar-refractivity contribution in [1.82, 2.24) is 0 Å². The first-order valence-electron chi connectivity index (χ1n) is 8.12. The minimum absolute atomic E-state index is 0.257. The first-order chi connectivity index (χ1) is 9.63. The van der Waals surface area contributed by atoms with Crippen molar-refractivity contribution in [2.45, 2.75) is 70.9 Å². The van der Waals surface area contributed by atoms with Gasteiger partial charge in [0.1, 0.15) is 11.9 Å². The fourth-order valence-corrected chi connectivity index (χ4v) is 4.03. The molecule has 3 rings (SSSR count). The average molecular weight is 273 g/mol. The van der Waals surface area contributed by atoms with E-state index in [1.165, 1.54) is 49.7 Å². The number of hydrogen-bond acceptors (Lipinski definition) is 2. The smallest absolute Gasteiger partial charge is 0.122 e. The van der Waals surface area contributed by atoms with Crippen LogP contribution >= 0.6 is 0 Å². The SMILES string of the molecule is Cc1cccc(OC2CC(N)C23CCCCCC3)c1C. The quantitative estimate of drug-likeness (QED) is 0.879. The highest BCUT2D eigenvalue weighted by Gasteiger charge is 2.54. The maximum absolute atomic E-state index is 6.40. The van der Waals surface area contributed by atoms with Crippen LogP contribution in [0, 0.1) is 19.3 Å². The first kappa shape index (κ1) is 13.9. The molecular formula is C18H27NO. The number of benzene rings is 1. The molecule has 2 nitrogen and oxygen atoms in total. The third-order valence-corrected chi connectivity index (χ3v) is 5.71. The van der Waals surface area contributed by atoms with Gasteiger partial charge >= 0.3 is 0 Å². The molecule has 2 heteroatoms. The molecule has 0 aromatic heterocycles. The van der Waals surface area contributed by atoms with Crippen LogP contribution in [0.3, 0.4) is 0 Å². The molecule has 2 fully saturated rings. The monoisotopic (exact) mass is 273 g/mol. The number of hydrogen-bond donors (Lipinski definition) is 1. The highest BCUT2D eigenvalue weighted by Crippen LogP contribution is 2.51. The van der Waals surface area contributed by atoms with Gasteiger partial charge < -0.3 is 10.5 Å². The van der Waals surface area contributed by atoms with Gasteiger partial charge in [0.05, 0.1) is 0 Å². The van der Waals surface area contributed by atoms with Crippen LogP contribution in [0.1, 0.15) is 56.1 Å². The molecule has 0 radical (unpaired) electrons. The van der Waals surface area contributed by atoms with Gasteiger partial charge in [-0.1, -0.05) is 37.8 Å². The molecule has 2 aliphatic carbocycles. The van der Waals surface area contributed by atoms with Gasteiger partial charge in [-0.05, 0) is 43.9 Å². The van der Waals surface area contributed by atoms with E-state index in [2.05, 4.69) is 32.0 Å². The summed E-state index contributed by atoms with van der Waals surface area (Å²) in [5.74, 6) is 1.06. The molecule has 0 saturated heterocycles. The Labute approximate surface area is 122 Å². The van der Waals surface area contributed by atoms with Gasteiger partial charge in [0.25, 0.3) is 0 Å². The fourth-order valence-electron chi connectivity index (χ4n) is 4.03. The summed E-state index contributed by atoms with van der Waals surface area (Å²) in [6, 6.07) is 6.69. The summed E-state index contributed by atoms with van der Waals surface area (Å²) >= 11 is 0. The molecule has 0 amide bonds. The topological polar surface area (TPSA) is 35.2 Å². The van der Waals surface area contributed by atoms with Gasteiger partial charge in [0, 0.05) is 17.9 Å². The Bertz CT molecular complexity index is 474. The minimum Gasteiger partial charge on any atom is -0.489 e. The standard InChI is InChI=1S/C18H27NO/c1-13-8-7-9-15(14(13)2)20-17-12-16(19)18(17)10-5-3-4-6-11-18/h7-9,16-17H,3-6,10-12,19H2,1-2H3. The van der Waals surface area contributed by atoms with E-state index in [-0.39, 0.29) is 5.41 Å². The number of nitrogens with two attached hydrogens (primary N) is 1. The molecule has 0 heterocycles. The van der Waals surface area contributed by atoms with Gasteiger partial charge in [-0.2, -0.15) is 0 Å². The second kappa shape index (κ2) is 5.40. The van der Waals surface area contributed by atoms with Gasteiger partial charge in [-0.3, -0.25) is 0 Å². The van der Waals surface area contributed by atoms with Crippen molar-refractivity contribution in [3.8, 4) is 5.75 Å². The summed E-state index contributed by atoms with van der Waals surface area (Å²) in [7, 11) is 0. The summed E-state index contributed by atoms with van der Waals surface area (Å²) in [5.41, 5.74) is 9.23. The Kier molecular flexibility index (Phi) is 3.76. The van der Waals surface area contributed by atoms with E-state index in [1.807, 2.05) is 0 Å². The second-order valence-corrected chi connectivity index (χ2v) is 6.79. The maximum Gasteiger partial charge on any atom is 0.122 e. The normalized spacial score (nSPS) is 28.8. The highest BCUT2D eigenvalue weighted by molar-refractivity contribution is 5.38. The molecule has 1 spiro atoms. The number of aryl methyl sites for hydroxylation is 1. The lowest BCUT2D eigenvalue weighted by molar-refractivity contribution is -0.0773. The Balaban J connectivity index is 1.78. The van der Waals surface area contributed by atoms with Crippen molar-refractivity contribution in [3.05, 3.63) is 29.3 Å². The third kappa shape index (κ3) is 2.24. The molecule has 1 aromatic carbocycles. The molecule has 0 aliphatic heterocycles. The van der Waals surface area contributed by atoms with Crippen LogP contribution in [0.15, 0.2) is 18.2 Å². The summed E-state index contributed by atoms with van der Waals surface area (Å²) in [5, 5.41) is 0. The largest absolute Gasteiger partial charge is 0.489 e. The summed E-state index contributed by atoms with van der Waals surface area (Å²) in [6.45, 7) is 4.30. The average Bonchev–Trinajstić information content (AvgIpc) is 2.71. The lowest BCUT2D eigenvalue weighted by Crippen LogP contribution is -2.63. The Hall–Kier alpha value is -1.02. The minimum atomic E-state index is 0.257. The van der Waals surface area contributed by atoms with E-state index in [9.17, 15) is 0 Å². The molecule has 2 saturated carbocycles. The van der Waals surface area contributed by atoms with Crippen LogP contribution in [-0.2, 0) is 0 Å². The fraction of sp³-hybridized carbons (Fsp3) is 0.667. The Morgan fingerprint density at radius 2 is 1.80 bits per heavy atom. The highest BCUT2D eigenvalue weighted by atomic mass is 16.5. The van der Waals surface area contributed by atoms with Crippen molar-refractivity contribution in [2.75, 3.05) is 0 Å². The van der Waals surface area contributed by atoms with Crippen LogP contribution in [0.5, 0.6) is 5.75 Å². The Morgan fingerprint density at radius 1 is 1.10 bits per heavy atom. The van der Waals surface area contributed by atoms with E-state index >= 15 is 0 Å². The molecule has 1 aromatic rings. The molecular weight excluding hydrogens is 246 g/mol. The van der Waals surface area contributed by atoms with E-state index < -0.39 is 0 Å². The molecule has 2 aliphatic rings. The van der Waals surface area contributed by atoms with Crippen molar-refractivity contribution in [2.24, 2.45) is 11.1 Å². The predicted octanol–water partition coefficient (Wildman–Crippen LogP) is 4.12. The van der Waals surface area contributed by atoms with Gasteiger partial charge in [-0.25, -0.2) is 0 Å². The van der Waals surface area contributed by atoms with E-state index in [0.717, 1.165) is 12.2 Å². The lowest BCUT2D eigenvalue weighted by Gasteiger charge is -2.54. The summed E-state index contributed by atoms with van der Waals surface area (Å²) in [4.78, 5) is 0. The summed E-state index contributed by atoms with van der Waals surface area (Å²) in [6.07, 6.45) is 9.23. The van der Waals surface area contributed by atoms with Gasteiger partial charge in [0.2, 0.25) is 0 Å². The van der Waals surface area contributed by atoms with Gasteiger partial charge in [0.15, 0.2) is 0 Å². The molecule has 2 N–H and O–H groups in total. The molecule has 20 heavy (non-hydrogen) atoms. The molecule has 0 bridgehead atoms. The molecule has 2 atom stereocenters.